The van der Waals surface area contributed by atoms with Crippen LogP contribution < -0.4 is 5.48 Å². The van der Waals surface area contributed by atoms with Gasteiger partial charge in [-0.05, 0) is 36.8 Å². The Morgan fingerprint density at radius 1 is 1.39 bits per heavy atom. The van der Waals surface area contributed by atoms with Crippen molar-refractivity contribution in [1.82, 2.24) is 15.4 Å². The number of pyridine rings is 1. The molecule has 5 heteroatoms. The van der Waals surface area contributed by atoms with E-state index >= 15 is 0 Å². The van der Waals surface area contributed by atoms with Gasteiger partial charge in [-0.15, -0.1) is 0 Å². The van der Waals surface area contributed by atoms with Gasteiger partial charge in [0.25, 0.3) is 5.91 Å². The van der Waals surface area contributed by atoms with Crippen molar-refractivity contribution in [2.45, 2.75) is 64.5 Å². The van der Waals surface area contributed by atoms with Crippen LogP contribution in [0.25, 0.3) is 0 Å². The minimum atomic E-state index is -0.489. The van der Waals surface area contributed by atoms with Crippen LogP contribution in [-0.4, -0.2) is 33.6 Å². The maximum absolute atomic E-state index is 11.6. The maximum Gasteiger partial charge on any atom is 0.276 e. The van der Waals surface area contributed by atoms with E-state index in [-0.39, 0.29) is 0 Å². The Kier molecular flexibility index (Phi) is 5.28. The number of aromatic nitrogens is 1. The van der Waals surface area contributed by atoms with Gasteiger partial charge >= 0.3 is 0 Å². The molecule has 0 unspecified atom stereocenters. The number of nitrogens with zero attached hydrogens (tertiary/aromatic N) is 2. The summed E-state index contributed by atoms with van der Waals surface area (Å²) in [6.45, 7) is 4.27. The molecule has 1 atom stereocenters. The van der Waals surface area contributed by atoms with Gasteiger partial charge in [0.05, 0.1) is 5.56 Å². The van der Waals surface area contributed by atoms with Crippen molar-refractivity contribution in [2.75, 3.05) is 6.54 Å². The van der Waals surface area contributed by atoms with Crippen molar-refractivity contribution in [3.8, 4) is 0 Å². The van der Waals surface area contributed by atoms with E-state index in [0.29, 0.717) is 11.6 Å². The number of hydrogen-bond acceptors (Lipinski definition) is 4. The van der Waals surface area contributed by atoms with E-state index in [4.69, 9.17) is 5.21 Å². The second-order valence-corrected chi connectivity index (χ2v) is 6.97. The first-order valence-electron chi connectivity index (χ1n) is 8.87. The molecule has 1 amide bonds. The summed E-state index contributed by atoms with van der Waals surface area (Å²) < 4.78 is 0. The van der Waals surface area contributed by atoms with E-state index in [9.17, 15) is 4.79 Å². The molecule has 1 saturated carbocycles. The predicted octanol–water partition coefficient (Wildman–Crippen LogP) is 2.92. The number of nitrogens with one attached hydrogen (secondary N) is 1. The highest BCUT2D eigenvalue weighted by Crippen LogP contribution is 2.29. The minimum Gasteiger partial charge on any atom is -0.295 e. The molecule has 2 aliphatic rings. The van der Waals surface area contributed by atoms with Crippen LogP contribution >= 0.6 is 0 Å². The van der Waals surface area contributed by atoms with Crippen LogP contribution in [0.2, 0.25) is 0 Å². The molecule has 126 valence electrons. The molecule has 0 aromatic carbocycles. The molecular weight excluding hydrogens is 290 g/mol. The molecule has 23 heavy (non-hydrogen) atoms. The van der Waals surface area contributed by atoms with Crippen molar-refractivity contribution in [3.63, 3.8) is 0 Å². The van der Waals surface area contributed by atoms with E-state index in [0.717, 1.165) is 43.1 Å². The van der Waals surface area contributed by atoms with Crippen LogP contribution in [0.15, 0.2) is 12.3 Å². The Hall–Kier alpha value is -1.46. The van der Waals surface area contributed by atoms with Crippen LogP contribution in [0.5, 0.6) is 0 Å². The summed E-state index contributed by atoms with van der Waals surface area (Å²) in [5.74, 6) is 0.327. The van der Waals surface area contributed by atoms with Gasteiger partial charge in [-0.25, -0.2) is 5.48 Å². The molecule has 1 aliphatic heterocycles. The number of amides is 1. The standard InChI is InChI=1S/C18H27N3O2/c1-2-16-9-17-15(8-14(10-19-17)18(22)20-23)12-21(16)11-13-6-4-3-5-7-13/h8,10,13,16,23H,2-7,9,11-12H2,1H3,(H,20,22)/t16-/m1/s1. The van der Waals surface area contributed by atoms with Gasteiger partial charge in [0, 0.05) is 37.4 Å². The zero-order valence-corrected chi connectivity index (χ0v) is 13.9. The van der Waals surface area contributed by atoms with Gasteiger partial charge in [0.1, 0.15) is 0 Å². The molecule has 0 radical (unpaired) electrons. The van der Waals surface area contributed by atoms with Crippen molar-refractivity contribution < 1.29 is 10.0 Å². The number of carbonyl (C=O) groups is 1. The first kappa shape index (κ1) is 16.4. The highest BCUT2D eigenvalue weighted by atomic mass is 16.5. The van der Waals surface area contributed by atoms with Crippen molar-refractivity contribution in [3.05, 3.63) is 29.1 Å². The monoisotopic (exact) mass is 317 g/mol. The summed E-state index contributed by atoms with van der Waals surface area (Å²) in [6, 6.07) is 2.43. The van der Waals surface area contributed by atoms with Crippen molar-refractivity contribution >= 4 is 5.91 Å². The van der Waals surface area contributed by atoms with Crippen LogP contribution in [0.4, 0.5) is 0 Å². The first-order valence-corrected chi connectivity index (χ1v) is 8.87. The lowest BCUT2D eigenvalue weighted by Gasteiger charge is -2.39. The third kappa shape index (κ3) is 3.72. The lowest BCUT2D eigenvalue weighted by atomic mass is 9.87. The molecule has 1 aromatic rings. The number of hydrogen-bond donors (Lipinski definition) is 2. The molecule has 3 rings (SSSR count). The fourth-order valence-electron chi connectivity index (χ4n) is 4.07. The Balaban J connectivity index is 1.76. The Morgan fingerprint density at radius 2 is 2.17 bits per heavy atom. The van der Waals surface area contributed by atoms with Crippen LogP contribution in [-0.2, 0) is 13.0 Å². The quantitative estimate of drug-likeness (QED) is 0.662. The summed E-state index contributed by atoms with van der Waals surface area (Å²) >= 11 is 0. The molecule has 0 saturated heterocycles. The van der Waals surface area contributed by atoms with Gasteiger partial charge in [0.2, 0.25) is 0 Å². The number of hydroxylamine groups is 1. The van der Waals surface area contributed by atoms with Crippen LogP contribution in [0.3, 0.4) is 0 Å². The summed E-state index contributed by atoms with van der Waals surface area (Å²) in [5, 5.41) is 8.80. The fraction of sp³-hybridized carbons (Fsp3) is 0.667. The fourth-order valence-corrected chi connectivity index (χ4v) is 4.07. The SMILES string of the molecule is CC[C@@H]1Cc2ncc(C(=O)NO)cc2CN1CC1CCCCC1. The smallest absolute Gasteiger partial charge is 0.276 e. The number of carbonyl (C=O) groups excluding carboxylic acids is 1. The number of rotatable bonds is 4. The second kappa shape index (κ2) is 7.41. The molecule has 1 fully saturated rings. The minimum absolute atomic E-state index is 0.429. The van der Waals surface area contributed by atoms with Gasteiger partial charge in [0.15, 0.2) is 0 Å². The molecule has 2 N–H and O–H groups in total. The molecule has 5 nitrogen and oxygen atoms in total. The largest absolute Gasteiger partial charge is 0.295 e. The van der Waals surface area contributed by atoms with Crippen LogP contribution in [0.1, 0.15) is 67.1 Å². The predicted molar refractivity (Wildman–Crippen MR) is 88.3 cm³/mol. The van der Waals surface area contributed by atoms with E-state index in [1.165, 1.54) is 32.1 Å². The van der Waals surface area contributed by atoms with Gasteiger partial charge in [-0.2, -0.15) is 0 Å². The van der Waals surface area contributed by atoms with Gasteiger partial charge in [-0.3, -0.25) is 19.9 Å². The Bertz CT molecular complexity index is 555. The Morgan fingerprint density at radius 3 is 2.87 bits per heavy atom. The maximum atomic E-state index is 11.6. The molecule has 1 aliphatic carbocycles. The third-order valence-corrected chi connectivity index (χ3v) is 5.43. The van der Waals surface area contributed by atoms with Crippen molar-refractivity contribution in [2.24, 2.45) is 5.92 Å². The summed E-state index contributed by atoms with van der Waals surface area (Å²) in [7, 11) is 0. The summed E-state index contributed by atoms with van der Waals surface area (Å²) in [6.07, 6.45) is 10.5. The average molecular weight is 317 g/mol. The first-order chi connectivity index (χ1) is 11.2. The highest BCUT2D eigenvalue weighted by Gasteiger charge is 2.28. The zero-order valence-electron chi connectivity index (χ0n) is 13.9. The zero-order chi connectivity index (χ0) is 16.2. The normalized spacial score (nSPS) is 22.6. The highest BCUT2D eigenvalue weighted by molar-refractivity contribution is 5.93. The van der Waals surface area contributed by atoms with Gasteiger partial charge in [-0.1, -0.05) is 26.2 Å². The topological polar surface area (TPSA) is 65.5 Å². The summed E-state index contributed by atoms with van der Waals surface area (Å²) in [5.41, 5.74) is 4.36. The molecule has 0 bridgehead atoms. The van der Waals surface area contributed by atoms with E-state index < -0.39 is 5.91 Å². The molecule has 0 spiro atoms. The lowest BCUT2D eigenvalue weighted by Crippen LogP contribution is -2.43. The van der Waals surface area contributed by atoms with Gasteiger partial charge < -0.3 is 0 Å². The molecular formula is C18H27N3O2. The lowest BCUT2D eigenvalue weighted by molar-refractivity contribution is 0.0705. The molecule has 2 heterocycles. The van der Waals surface area contributed by atoms with E-state index in [1.54, 1.807) is 11.7 Å². The molecule has 1 aromatic heterocycles. The van der Waals surface area contributed by atoms with Crippen molar-refractivity contribution in [1.29, 1.82) is 0 Å². The summed E-state index contributed by atoms with van der Waals surface area (Å²) in [4.78, 5) is 18.7. The Labute approximate surface area is 138 Å². The van der Waals surface area contributed by atoms with Crippen LogP contribution in [0, 0.1) is 5.92 Å². The number of fused-ring (bicyclic) bond motifs is 1. The van der Waals surface area contributed by atoms with E-state index in [2.05, 4.69) is 16.8 Å². The third-order valence-electron chi connectivity index (χ3n) is 5.43. The average Bonchev–Trinajstić information content (AvgIpc) is 2.60. The second-order valence-electron chi connectivity index (χ2n) is 6.97. The van der Waals surface area contributed by atoms with E-state index in [1.807, 2.05) is 6.07 Å².